The highest BCUT2D eigenvalue weighted by Gasteiger charge is 2.49. The summed E-state index contributed by atoms with van der Waals surface area (Å²) in [5.74, 6) is 0.735. The monoisotopic (exact) mass is 772 g/mol. The van der Waals surface area contributed by atoms with Crippen LogP contribution in [0.2, 0.25) is 0 Å². The van der Waals surface area contributed by atoms with E-state index in [9.17, 15) is 0 Å². The Bertz CT molecular complexity index is 2900. The summed E-state index contributed by atoms with van der Waals surface area (Å²) in [6.45, 7) is 0. The van der Waals surface area contributed by atoms with Crippen LogP contribution in [0.1, 0.15) is 86.5 Å². The van der Waals surface area contributed by atoms with Crippen molar-refractivity contribution in [1.29, 1.82) is 0 Å². The number of hydrogen-bond donors (Lipinski definition) is 0. The number of hydrogen-bond acceptors (Lipinski definition) is 2. The molecule has 8 aromatic rings. The van der Waals surface area contributed by atoms with Gasteiger partial charge in [0.25, 0.3) is 0 Å². The minimum Gasteiger partial charge on any atom is -0.228 e. The molecule has 1 aromatic heterocycles. The lowest BCUT2D eigenvalue weighted by molar-refractivity contribution is 0.350. The second kappa shape index (κ2) is 14.1. The fraction of sp³-hybridized carbons (Fsp3) is 0.207. The Morgan fingerprint density at radius 3 is 1.28 bits per heavy atom. The first-order valence-corrected chi connectivity index (χ1v) is 22.3. The molecule has 0 amide bonds. The lowest BCUT2D eigenvalue weighted by Crippen LogP contribution is -2.29. The topological polar surface area (TPSA) is 25.8 Å². The summed E-state index contributed by atoms with van der Waals surface area (Å²) < 4.78 is 0. The molecule has 2 spiro atoms. The van der Waals surface area contributed by atoms with Crippen molar-refractivity contribution < 1.29 is 0 Å². The second-order valence-electron chi connectivity index (χ2n) is 17.9. The Hall–Kier alpha value is -6.38. The van der Waals surface area contributed by atoms with Crippen molar-refractivity contribution >= 4 is 0 Å². The Labute approximate surface area is 354 Å². The van der Waals surface area contributed by atoms with Crippen LogP contribution in [0.3, 0.4) is 0 Å². The SMILES string of the molecule is c1ccc(-c2ccc(-c3cc(-c4ccc(-c5ccc6c(c5)C5(CCCCC5)c5cc7c(cc5-6)C5(CCCCC5)c5ccccc5-7)cc4)nc(-c4ccccc4)n3)cc2)cc1. The number of benzene rings is 7. The Kier molecular flexibility index (Phi) is 8.37. The van der Waals surface area contributed by atoms with Crippen molar-refractivity contribution in [3.05, 3.63) is 192 Å². The van der Waals surface area contributed by atoms with Crippen LogP contribution in [-0.4, -0.2) is 9.97 Å². The normalized spacial score (nSPS) is 16.6. The summed E-state index contributed by atoms with van der Waals surface area (Å²) in [5.41, 5.74) is 22.5. The molecule has 2 heteroatoms. The molecule has 2 saturated carbocycles. The van der Waals surface area contributed by atoms with Crippen molar-refractivity contribution in [1.82, 2.24) is 9.97 Å². The van der Waals surface area contributed by atoms with E-state index < -0.39 is 0 Å². The van der Waals surface area contributed by atoms with Gasteiger partial charge < -0.3 is 0 Å². The summed E-state index contributed by atoms with van der Waals surface area (Å²) in [7, 11) is 0. The maximum atomic E-state index is 5.15. The van der Waals surface area contributed by atoms with Gasteiger partial charge in [-0.1, -0.05) is 184 Å². The van der Waals surface area contributed by atoms with E-state index in [0.717, 1.165) is 33.9 Å². The first-order valence-electron chi connectivity index (χ1n) is 22.3. The zero-order valence-electron chi connectivity index (χ0n) is 34.1. The molecule has 0 unspecified atom stereocenters. The van der Waals surface area contributed by atoms with Crippen molar-refractivity contribution in [2.75, 3.05) is 0 Å². The Morgan fingerprint density at radius 2 is 0.700 bits per heavy atom. The predicted molar refractivity (Wildman–Crippen MR) is 248 cm³/mol. The van der Waals surface area contributed by atoms with Crippen molar-refractivity contribution in [2.24, 2.45) is 0 Å². The molecule has 0 N–H and O–H groups in total. The van der Waals surface area contributed by atoms with Gasteiger partial charge >= 0.3 is 0 Å². The summed E-state index contributed by atoms with van der Waals surface area (Å²) in [4.78, 5) is 10.3. The lowest BCUT2D eigenvalue weighted by Gasteiger charge is -2.37. The molecule has 7 aromatic carbocycles. The largest absolute Gasteiger partial charge is 0.228 e. The van der Waals surface area contributed by atoms with Crippen molar-refractivity contribution in [2.45, 2.75) is 75.0 Å². The smallest absolute Gasteiger partial charge is 0.160 e. The van der Waals surface area contributed by atoms with Crippen LogP contribution in [0.25, 0.3) is 78.4 Å². The summed E-state index contributed by atoms with van der Waals surface area (Å²) in [6, 6.07) is 63.0. The molecular weight excluding hydrogens is 725 g/mol. The van der Waals surface area contributed by atoms with Gasteiger partial charge in [-0.2, -0.15) is 0 Å². The zero-order chi connectivity index (χ0) is 39.7. The van der Waals surface area contributed by atoms with Crippen LogP contribution >= 0.6 is 0 Å². The van der Waals surface area contributed by atoms with Crippen LogP contribution in [0.4, 0.5) is 0 Å². The second-order valence-corrected chi connectivity index (χ2v) is 17.9. The van der Waals surface area contributed by atoms with Crippen LogP contribution < -0.4 is 0 Å². The summed E-state index contributed by atoms with van der Waals surface area (Å²) in [5, 5.41) is 0. The van der Waals surface area contributed by atoms with Crippen LogP contribution in [0.5, 0.6) is 0 Å². The fourth-order valence-electron chi connectivity index (χ4n) is 11.8. The van der Waals surface area contributed by atoms with E-state index >= 15 is 0 Å². The van der Waals surface area contributed by atoms with E-state index in [1.54, 1.807) is 22.3 Å². The first kappa shape index (κ1) is 35.6. The lowest BCUT2D eigenvalue weighted by atomic mass is 9.66. The van der Waals surface area contributed by atoms with Gasteiger partial charge in [0.05, 0.1) is 11.4 Å². The minimum absolute atomic E-state index is 0.0790. The maximum Gasteiger partial charge on any atom is 0.160 e. The summed E-state index contributed by atoms with van der Waals surface area (Å²) >= 11 is 0. The minimum atomic E-state index is 0.0790. The Balaban J connectivity index is 0.918. The van der Waals surface area contributed by atoms with Gasteiger partial charge in [-0.15, -0.1) is 0 Å². The average molecular weight is 773 g/mol. The molecule has 12 rings (SSSR count). The number of rotatable bonds is 5. The molecule has 0 radical (unpaired) electrons. The molecule has 2 nitrogen and oxygen atoms in total. The molecule has 4 aliphatic rings. The predicted octanol–water partition coefficient (Wildman–Crippen LogP) is 15.3. The van der Waals surface area contributed by atoms with Crippen LogP contribution in [0, 0.1) is 0 Å². The third-order valence-corrected chi connectivity index (χ3v) is 14.7. The van der Waals surface area contributed by atoms with E-state index in [2.05, 4.69) is 164 Å². The van der Waals surface area contributed by atoms with Gasteiger partial charge in [-0.3, -0.25) is 0 Å². The third kappa shape index (κ3) is 5.60. The average Bonchev–Trinajstić information content (AvgIpc) is 3.73. The van der Waals surface area contributed by atoms with Gasteiger partial charge in [0.1, 0.15) is 0 Å². The number of fused-ring (bicyclic) bond motifs is 10. The molecular formula is C58H48N2. The van der Waals surface area contributed by atoms with Gasteiger partial charge in [-0.25, -0.2) is 9.97 Å². The van der Waals surface area contributed by atoms with Gasteiger partial charge in [-0.05, 0) is 117 Å². The molecule has 0 saturated heterocycles. The van der Waals surface area contributed by atoms with Crippen LogP contribution in [-0.2, 0) is 10.8 Å². The fourth-order valence-corrected chi connectivity index (χ4v) is 11.8. The molecule has 290 valence electrons. The molecule has 0 aliphatic heterocycles. The van der Waals surface area contributed by atoms with E-state index in [-0.39, 0.29) is 10.8 Å². The zero-order valence-corrected chi connectivity index (χ0v) is 34.1. The standard InChI is InChI=1S/C58H48N2/c1-5-15-39(16-6-1)40-21-25-42(26-22-40)54-38-55(60-56(59-54)44-17-7-2-8-18-44)43-27-23-41(24-28-43)45-29-30-47-49-37-52-48(36-53(49)58(51(47)35-45)33-13-4-14-34-58)46-19-9-10-20-50(46)57(52)31-11-3-12-32-57/h1-2,5-10,15-30,35-38H,3-4,11-14,31-34H2. The van der Waals surface area contributed by atoms with E-state index in [1.165, 1.54) is 109 Å². The van der Waals surface area contributed by atoms with E-state index in [0.29, 0.717) is 0 Å². The molecule has 60 heavy (non-hydrogen) atoms. The summed E-state index contributed by atoms with van der Waals surface area (Å²) in [6.07, 6.45) is 12.9. The highest BCUT2D eigenvalue weighted by molar-refractivity contribution is 5.91. The number of nitrogens with zero attached hydrogens (tertiary/aromatic N) is 2. The van der Waals surface area contributed by atoms with Gasteiger partial charge in [0, 0.05) is 27.5 Å². The van der Waals surface area contributed by atoms with Crippen molar-refractivity contribution in [3.8, 4) is 78.4 Å². The highest BCUT2D eigenvalue weighted by Crippen LogP contribution is 2.62. The van der Waals surface area contributed by atoms with Gasteiger partial charge in [0.2, 0.25) is 0 Å². The molecule has 1 heterocycles. The molecule has 0 bridgehead atoms. The Morgan fingerprint density at radius 1 is 0.283 bits per heavy atom. The molecule has 2 fully saturated rings. The highest BCUT2D eigenvalue weighted by atomic mass is 14.9. The quantitative estimate of drug-likeness (QED) is 0.174. The first-order chi connectivity index (χ1) is 29.7. The maximum absolute atomic E-state index is 5.15. The third-order valence-electron chi connectivity index (χ3n) is 14.7. The van der Waals surface area contributed by atoms with Crippen LogP contribution in [0.15, 0.2) is 170 Å². The van der Waals surface area contributed by atoms with E-state index in [4.69, 9.17) is 9.97 Å². The molecule has 0 atom stereocenters. The van der Waals surface area contributed by atoms with Crippen molar-refractivity contribution in [3.63, 3.8) is 0 Å². The van der Waals surface area contributed by atoms with Gasteiger partial charge in [0.15, 0.2) is 5.82 Å². The molecule has 4 aliphatic carbocycles. The van der Waals surface area contributed by atoms with E-state index in [1.807, 2.05) is 6.07 Å². The number of aromatic nitrogens is 2.